The van der Waals surface area contributed by atoms with Gasteiger partial charge in [-0.15, -0.1) is 0 Å². The molecule has 2 aromatic heterocycles. The number of hydrogen-bond donors (Lipinski definition) is 0. The molecule has 0 radical (unpaired) electrons. The summed E-state index contributed by atoms with van der Waals surface area (Å²) in [5.41, 5.74) is 0.892. The van der Waals surface area contributed by atoms with E-state index in [-0.39, 0.29) is 18.0 Å². The number of hydrogen-bond acceptors (Lipinski definition) is 5. The molecule has 0 aliphatic carbocycles. The van der Waals surface area contributed by atoms with Crippen molar-refractivity contribution in [3.63, 3.8) is 0 Å². The van der Waals surface area contributed by atoms with Gasteiger partial charge in [-0.25, -0.2) is 4.79 Å². The van der Waals surface area contributed by atoms with E-state index in [0.29, 0.717) is 25.2 Å². The van der Waals surface area contributed by atoms with E-state index < -0.39 is 5.60 Å². The van der Waals surface area contributed by atoms with Crippen LogP contribution >= 0.6 is 0 Å². The molecular formula is C20H24N4O3. The monoisotopic (exact) mass is 368 g/mol. The standard InChI is InChI=1S/C20H24N4O3/c1-20(2,3)27-19(26)23-11-12-24(18(25)15-6-9-21-10-7-15)17(14-23)16-5-4-8-22-13-16/h4-10,13,17H,11-12,14H2,1-3H3. The van der Waals surface area contributed by atoms with Crippen LogP contribution in [0.15, 0.2) is 49.1 Å². The van der Waals surface area contributed by atoms with Crippen molar-refractivity contribution in [3.05, 3.63) is 60.2 Å². The van der Waals surface area contributed by atoms with Gasteiger partial charge >= 0.3 is 6.09 Å². The van der Waals surface area contributed by atoms with Gasteiger partial charge in [0.15, 0.2) is 0 Å². The Balaban J connectivity index is 1.85. The molecule has 3 heterocycles. The van der Waals surface area contributed by atoms with Crippen molar-refractivity contribution >= 4 is 12.0 Å². The number of aromatic nitrogens is 2. The zero-order chi connectivity index (χ0) is 19.4. The first-order valence-electron chi connectivity index (χ1n) is 8.94. The zero-order valence-electron chi connectivity index (χ0n) is 15.8. The van der Waals surface area contributed by atoms with Crippen LogP contribution in [-0.2, 0) is 4.74 Å². The number of rotatable bonds is 2. The molecule has 0 aromatic carbocycles. The van der Waals surface area contributed by atoms with Crippen LogP contribution in [0.25, 0.3) is 0 Å². The maximum Gasteiger partial charge on any atom is 0.410 e. The predicted octanol–water partition coefficient (Wildman–Crippen LogP) is 2.91. The van der Waals surface area contributed by atoms with Crippen LogP contribution in [0.1, 0.15) is 42.7 Å². The number of carbonyl (C=O) groups is 2. The lowest BCUT2D eigenvalue weighted by atomic mass is 10.0. The van der Waals surface area contributed by atoms with Gasteiger partial charge in [0.25, 0.3) is 5.91 Å². The molecule has 0 spiro atoms. The largest absolute Gasteiger partial charge is 0.444 e. The Bertz CT molecular complexity index is 790. The second kappa shape index (κ2) is 7.73. The predicted molar refractivity (Wildman–Crippen MR) is 100 cm³/mol. The lowest BCUT2D eigenvalue weighted by molar-refractivity contribution is 0.00405. The van der Waals surface area contributed by atoms with Crippen molar-refractivity contribution in [2.75, 3.05) is 19.6 Å². The molecule has 7 heteroatoms. The highest BCUT2D eigenvalue weighted by molar-refractivity contribution is 5.94. The number of ether oxygens (including phenoxy) is 1. The van der Waals surface area contributed by atoms with Gasteiger partial charge in [-0.3, -0.25) is 14.8 Å². The number of pyridine rings is 2. The Morgan fingerprint density at radius 2 is 1.81 bits per heavy atom. The average Bonchev–Trinajstić information content (AvgIpc) is 2.67. The maximum absolute atomic E-state index is 13.0. The smallest absolute Gasteiger partial charge is 0.410 e. The van der Waals surface area contributed by atoms with E-state index in [1.807, 2.05) is 32.9 Å². The summed E-state index contributed by atoms with van der Waals surface area (Å²) < 4.78 is 5.50. The van der Waals surface area contributed by atoms with Gasteiger partial charge in [0, 0.05) is 50.0 Å². The fourth-order valence-corrected chi connectivity index (χ4v) is 3.04. The third-order valence-electron chi connectivity index (χ3n) is 4.29. The lowest BCUT2D eigenvalue weighted by Gasteiger charge is -2.41. The summed E-state index contributed by atoms with van der Waals surface area (Å²) in [6, 6.07) is 6.85. The molecule has 7 nitrogen and oxygen atoms in total. The van der Waals surface area contributed by atoms with Gasteiger partial charge in [-0.05, 0) is 44.5 Å². The van der Waals surface area contributed by atoms with E-state index in [0.717, 1.165) is 5.56 Å². The Kier molecular flexibility index (Phi) is 5.39. The molecule has 3 rings (SSSR count). The normalized spacial score (nSPS) is 17.5. The summed E-state index contributed by atoms with van der Waals surface area (Å²) in [7, 11) is 0. The quantitative estimate of drug-likeness (QED) is 0.815. The molecule has 0 bridgehead atoms. The first kappa shape index (κ1) is 18.8. The van der Waals surface area contributed by atoms with E-state index in [1.165, 1.54) is 0 Å². The summed E-state index contributed by atoms with van der Waals surface area (Å²) in [6.07, 6.45) is 6.25. The van der Waals surface area contributed by atoms with Crippen molar-refractivity contribution < 1.29 is 14.3 Å². The van der Waals surface area contributed by atoms with Crippen molar-refractivity contribution in [2.24, 2.45) is 0 Å². The highest BCUT2D eigenvalue weighted by Gasteiger charge is 2.35. The minimum Gasteiger partial charge on any atom is -0.444 e. The molecule has 2 amide bonds. The highest BCUT2D eigenvalue weighted by Crippen LogP contribution is 2.27. The van der Waals surface area contributed by atoms with Gasteiger partial charge < -0.3 is 14.5 Å². The second-order valence-corrected chi connectivity index (χ2v) is 7.46. The maximum atomic E-state index is 13.0. The van der Waals surface area contributed by atoms with Crippen LogP contribution in [0.2, 0.25) is 0 Å². The van der Waals surface area contributed by atoms with Gasteiger partial charge in [0.05, 0.1) is 6.04 Å². The van der Waals surface area contributed by atoms with E-state index in [2.05, 4.69) is 9.97 Å². The van der Waals surface area contributed by atoms with Crippen LogP contribution < -0.4 is 0 Å². The summed E-state index contributed by atoms with van der Waals surface area (Å²) in [4.78, 5) is 37.1. The summed E-state index contributed by atoms with van der Waals surface area (Å²) in [5.74, 6) is -0.0879. The number of carbonyl (C=O) groups excluding carboxylic acids is 2. The number of piperazine rings is 1. The average molecular weight is 368 g/mol. The van der Waals surface area contributed by atoms with Crippen LogP contribution in [0.5, 0.6) is 0 Å². The molecule has 1 fully saturated rings. The highest BCUT2D eigenvalue weighted by atomic mass is 16.6. The van der Waals surface area contributed by atoms with Crippen LogP contribution in [0.4, 0.5) is 4.79 Å². The van der Waals surface area contributed by atoms with Crippen LogP contribution in [0.3, 0.4) is 0 Å². The van der Waals surface area contributed by atoms with Gasteiger partial charge in [0.2, 0.25) is 0 Å². The van der Waals surface area contributed by atoms with Gasteiger partial charge in [-0.1, -0.05) is 6.07 Å². The Morgan fingerprint density at radius 3 is 2.44 bits per heavy atom. The fourth-order valence-electron chi connectivity index (χ4n) is 3.04. The molecule has 1 unspecified atom stereocenters. The molecule has 142 valence electrons. The summed E-state index contributed by atoms with van der Waals surface area (Å²) >= 11 is 0. The first-order valence-corrected chi connectivity index (χ1v) is 8.94. The zero-order valence-corrected chi connectivity index (χ0v) is 15.8. The van der Waals surface area contributed by atoms with Crippen molar-refractivity contribution in [2.45, 2.75) is 32.4 Å². The van der Waals surface area contributed by atoms with Crippen molar-refractivity contribution in [1.82, 2.24) is 19.8 Å². The van der Waals surface area contributed by atoms with Crippen LogP contribution in [0, 0.1) is 0 Å². The Hall–Kier alpha value is -2.96. The molecular weight excluding hydrogens is 344 g/mol. The van der Waals surface area contributed by atoms with Gasteiger partial charge in [-0.2, -0.15) is 0 Å². The van der Waals surface area contributed by atoms with Crippen molar-refractivity contribution in [3.8, 4) is 0 Å². The lowest BCUT2D eigenvalue weighted by Crippen LogP contribution is -2.53. The number of amides is 2. The fraction of sp³-hybridized carbons (Fsp3) is 0.400. The van der Waals surface area contributed by atoms with E-state index in [1.54, 1.807) is 46.7 Å². The minimum atomic E-state index is -0.565. The third-order valence-corrected chi connectivity index (χ3v) is 4.29. The van der Waals surface area contributed by atoms with E-state index >= 15 is 0 Å². The Morgan fingerprint density at radius 1 is 1.07 bits per heavy atom. The SMILES string of the molecule is CC(C)(C)OC(=O)N1CCN(C(=O)c2ccncc2)C(c2cccnc2)C1. The molecule has 27 heavy (non-hydrogen) atoms. The van der Waals surface area contributed by atoms with Crippen molar-refractivity contribution in [1.29, 1.82) is 0 Å². The topological polar surface area (TPSA) is 75.6 Å². The van der Waals surface area contributed by atoms with Crippen LogP contribution in [-0.4, -0.2) is 57.0 Å². The number of nitrogens with zero attached hydrogens (tertiary/aromatic N) is 4. The second-order valence-electron chi connectivity index (χ2n) is 7.46. The van der Waals surface area contributed by atoms with E-state index in [9.17, 15) is 9.59 Å². The third kappa shape index (κ3) is 4.61. The Labute approximate surface area is 159 Å². The molecule has 1 saturated heterocycles. The first-order chi connectivity index (χ1) is 12.8. The van der Waals surface area contributed by atoms with E-state index in [4.69, 9.17) is 4.74 Å². The molecule has 2 aromatic rings. The summed E-state index contributed by atoms with van der Waals surface area (Å²) in [6.45, 7) is 6.71. The minimum absolute atomic E-state index is 0.0879. The molecule has 0 saturated carbocycles. The molecule has 1 aliphatic rings. The van der Waals surface area contributed by atoms with Gasteiger partial charge in [0.1, 0.15) is 5.60 Å². The molecule has 1 aliphatic heterocycles. The molecule has 1 atom stereocenters. The summed E-state index contributed by atoms with van der Waals surface area (Å²) in [5, 5.41) is 0. The molecule has 0 N–H and O–H groups in total.